The van der Waals surface area contributed by atoms with Gasteiger partial charge in [-0.05, 0) is 12.5 Å². The molecule has 0 aromatic carbocycles. The van der Waals surface area contributed by atoms with Gasteiger partial charge in [0.15, 0.2) is 0 Å². The number of rotatable bonds is 1. The fourth-order valence-corrected chi connectivity index (χ4v) is 2.31. The van der Waals surface area contributed by atoms with Crippen LogP contribution < -0.4 is 22.5 Å². The van der Waals surface area contributed by atoms with E-state index < -0.39 is 0 Å². The molecule has 2 aliphatic rings. The van der Waals surface area contributed by atoms with Crippen molar-refractivity contribution in [2.24, 2.45) is 17.2 Å². The minimum atomic E-state index is 0.197. The van der Waals surface area contributed by atoms with E-state index in [1.165, 1.54) is 0 Å². The van der Waals surface area contributed by atoms with Crippen LogP contribution in [0.5, 0.6) is 0 Å². The summed E-state index contributed by atoms with van der Waals surface area (Å²) in [6.45, 7) is 5.64. The van der Waals surface area contributed by atoms with E-state index in [9.17, 15) is 0 Å². The van der Waals surface area contributed by atoms with Gasteiger partial charge in [0.25, 0.3) is 0 Å². The number of hydrogen-bond acceptors (Lipinski definition) is 5. The molecule has 17 heavy (non-hydrogen) atoms. The fourth-order valence-electron chi connectivity index (χ4n) is 2.21. The summed E-state index contributed by atoms with van der Waals surface area (Å²) in [7, 11) is 0. The second-order valence-electron chi connectivity index (χ2n) is 4.01. The highest BCUT2D eigenvalue weighted by Crippen LogP contribution is 2.26. The summed E-state index contributed by atoms with van der Waals surface area (Å²) in [5.41, 5.74) is 18.1. The Morgan fingerprint density at radius 2 is 2.18 bits per heavy atom. The summed E-state index contributed by atoms with van der Waals surface area (Å²) >= 11 is 5.67. The van der Waals surface area contributed by atoms with Gasteiger partial charge < -0.3 is 27.4 Å². The zero-order valence-corrected chi connectivity index (χ0v) is 11.2. The molecule has 6 heteroatoms. The molecule has 0 saturated carbocycles. The van der Waals surface area contributed by atoms with Crippen molar-refractivity contribution in [3.8, 4) is 0 Å². The lowest BCUT2D eigenvalue weighted by molar-refractivity contribution is 0.295. The summed E-state index contributed by atoms with van der Waals surface area (Å²) in [4.78, 5) is 2.17. The van der Waals surface area contributed by atoms with Crippen LogP contribution in [0.2, 0.25) is 0 Å². The van der Waals surface area contributed by atoms with Gasteiger partial charge in [0.05, 0.1) is 5.70 Å². The quantitative estimate of drug-likeness (QED) is 0.504. The van der Waals surface area contributed by atoms with E-state index in [0.717, 1.165) is 25.2 Å². The topological polar surface area (TPSA) is 93.3 Å². The van der Waals surface area contributed by atoms with Gasteiger partial charge in [-0.15, -0.1) is 0 Å². The van der Waals surface area contributed by atoms with Crippen LogP contribution in [0.25, 0.3) is 0 Å². The number of nitrogens with two attached hydrogens (primary N) is 3. The lowest BCUT2D eigenvalue weighted by Crippen LogP contribution is -2.45. The van der Waals surface area contributed by atoms with Crippen LogP contribution in [-0.2, 0) is 0 Å². The van der Waals surface area contributed by atoms with Crippen LogP contribution in [-0.4, -0.2) is 30.1 Å². The van der Waals surface area contributed by atoms with Gasteiger partial charge >= 0.3 is 0 Å². The Labute approximate surface area is 108 Å². The molecule has 0 aliphatic carbocycles. The Morgan fingerprint density at radius 1 is 1.53 bits per heavy atom. The van der Waals surface area contributed by atoms with Crippen molar-refractivity contribution in [2.75, 3.05) is 13.1 Å². The molecule has 2 unspecified atom stereocenters. The van der Waals surface area contributed by atoms with Crippen molar-refractivity contribution in [1.29, 1.82) is 0 Å². The molecule has 2 aliphatic heterocycles. The van der Waals surface area contributed by atoms with Crippen molar-refractivity contribution in [3.63, 3.8) is 0 Å². The Hall–Kier alpha value is -1.07. The average molecular weight is 260 g/mol. The van der Waals surface area contributed by atoms with Gasteiger partial charge in [0.2, 0.25) is 0 Å². The van der Waals surface area contributed by atoms with E-state index in [-0.39, 0.29) is 11.2 Å². The van der Waals surface area contributed by atoms with Crippen LogP contribution in [0.1, 0.15) is 20.3 Å². The third-order valence-electron chi connectivity index (χ3n) is 2.83. The van der Waals surface area contributed by atoms with Gasteiger partial charge in [0, 0.05) is 25.2 Å². The van der Waals surface area contributed by atoms with Crippen LogP contribution in [0.15, 0.2) is 22.8 Å². The van der Waals surface area contributed by atoms with Gasteiger partial charge in [0.1, 0.15) is 11.0 Å². The molecule has 0 bridgehead atoms. The van der Waals surface area contributed by atoms with Gasteiger partial charge in [-0.25, -0.2) is 0 Å². The first-order chi connectivity index (χ1) is 8.08. The number of allylic oxidation sites excluding steroid dienone is 1. The Morgan fingerprint density at radius 3 is 2.76 bits per heavy atom. The maximum absolute atomic E-state index is 5.92. The Kier molecular flexibility index (Phi) is 4.96. The lowest BCUT2D eigenvalue weighted by atomic mass is 10.1. The maximum Gasteiger partial charge on any atom is 0.120 e. The number of nitrogens with one attached hydrogen (secondary N) is 1. The molecular formula is C11H22ClN5. The first-order valence-electron chi connectivity index (χ1n) is 5.96. The Balaban J connectivity index is 0.000000686. The SMILES string of the molecule is CC.NC1=C(/C=C(\N)Cl)N2CC(N)CC2CN1. The third kappa shape index (κ3) is 3.20. The molecule has 0 aromatic rings. The fraction of sp³-hybridized carbons (Fsp3) is 0.636. The summed E-state index contributed by atoms with van der Waals surface area (Å²) < 4.78 is 0. The molecule has 0 radical (unpaired) electrons. The molecule has 1 fully saturated rings. The van der Waals surface area contributed by atoms with Crippen LogP contribution in [0.4, 0.5) is 0 Å². The monoisotopic (exact) mass is 259 g/mol. The zero-order chi connectivity index (χ0) is 13.0. The van der Waals surface area contributed by atoms with E-state index in [2.05, 4.69) is 10.2 Å². The van der Waals surface area contributed by atoms with E-state index in [1.807, 2.05) is 13.8 Å². The van der Waals surface area contributed by atoms with Crippen molar-refractivity contribution in [3.05, 3.63) is 22.8 Å². The van der Waals surface area contributed by atoms with Crippen molar-refractivity contribution in [2.45, 2.75) is 32.4 Å². The smallest absolute Gasteiger partial charge is 0.120 e. The summed E-state index contributed by atoms with van der Waals surface area (Å²) in [6.07, 6.45) is 2.65. The van der Waals surface area contributed by atoms with E-state index in [4.69, 9.17) is 28.8 Å². The predicted molar refractivity (Wildman–Crippen MR) is 71.8 cm³/mol. The summed E-state index contributed by atoms with van der Waals surface area (Å²) in [5, 5.41) is 3.36. The largest absolute Gasteiger partial charge is 0.389 e. The molecule has 98 valence electrons. The van der Waals surface area contributed by atoms with Crippen molar-refractivity contribution in [1.82, 2.24) is 10.2 Å². The second-order valence-corrected chi connectivity index (χ2v) is 4.45. The Bertz CT molecular complexity index is 322. The van der Waals surface area contributed by atoms with Crippen LogP contribution >= 0.6 is 11.6 Å². The average Bonchev–Trinajstić information content (AvgIpc) is 2.66. The molecule has 0 amide bonds. The number of nitrogens with zero attached hydrogens (tertiary/aromatic N) is 1. The molecule has 2 rings (SSSR count). The van der Waals surface area contributed by atoms with Gasteiger partial charge in [-0.1, -0.05) is 25.4 Å². The minimum absolute atomic E-state index is 0.197. The normalized spacial score (nSPS) is 28.2. The summed E-state index contributed by atoms with van der Waals surface area (Å²) in [6, 6.07) is 0.595. The number of halogens is 1. The molecular weight excluding hydrogens is 238 g/mol. The number of fused-ring (bicyclic) bond motifs is 1. The van der Waals surface area contributed by atoms with Crippen LogP contribution in [0.3, 0.4) is 0 Å². The highest BCUT2D eigenvalue weighted by molar-refractivity contribution is 6.29. The lowest BCUT2D eigenvalue weighted by Gasteiger charge is -2.34. The first kappa shape index (κ1) is 14.0. The van der Waals surface area contributed by atoms with Crippen molar-refractivity contribution < 1.29 is 0 Å². The summed E-state index contributed by atoms with van der Waals surface area (Å²) in [5.74, 6) is 0.615. The van der Waals surface area contributed by atoms with Gasteiger partial charge in [-0.2, -0.15) is 0 Å². The van der Waals surface area contributed by atoms with Gasteiger partial charge in [-0.3, -0.25) is 0 Å². The highest BCUT2D eigenvalue weighted by atomic mass is 35.5. The zero-order valence-electron chi connectivity index (χ0n) is 10.4. The van der Waals surface area contributed by atoms with E-state index in [0.29, 0.717) is 11.9 Å². The van der Waals surface area contributed by atoms with Crippen molar-refractivity contribution >= 4 is 11.6 Å². The number of hydrogen-bond donors (Lipinski definition) is 4. The molecule has 2 heterocycles. The molecule has 0 spiro atoms. The third-order valence-corrected chi connectivity index (χ3v) is 2.94. The highest BCUT2D eigenvalue weighted by Gasteiger charge is 2.34. The molecule has 2 atom stereocenters. The maximum atomic E-state index is 5.92. The van der Waals surface area contributed by atoms with E-state index in [1.54, 1.807) is 6.08 Å². The first-order valence-corrected chi connectivity index (χ1v) is 6.34. The minimum Gasteiger partial charge on any atom is -0.389 e. The molecule has 0 aromatic heterocycles. The molecule has 1 saturated heterocycles. The van der Waals surface area contributed by atoms with E-state index >= 15 is 0 Å². The standard InChI is InChI=1S/C9H16ClN5.C2H6/c10-8(12)2-7-9(13)14-3-6-1-5(11)4-15(6)7;1-2/h2,5-6,14H,1,3-4,11-13H2;1-2H3/b8-2-;. The second kappa shape index (κ2) is 6.02. The van der Waals surface area contributed by atoms with Crippen LogP contribution in [0, 0.1) is 0 Å². The molecule has 7 N–H and O–H groups in total. The predicted octanol–water partition coefficient (Wildman–Crippen LogP) is 0.184. The molecule has 5 nitrogen and oxygen atoms in total.